The predicted octanol–water partition coefficient (Wildman–Crippen LogP) is 2.84. The van der Waals surface area contributed by atoms with Gasteiger partial charge in [0.1, 0.15) is 22.4 Å². The Labute approximate surface area is 98.1 Å². The molecule has 2 rings (SSSR count). The van der Waals surface area contributed by atoms with Gasteiger partial charge in [-0.15, -0.1) is 11.8 Å². The third-order valence-corrected chi connectivity index (χ3v) is 3.00. The third-order valence-electron chi connectivity index (χ3n) is 2.32. The minimum absolute atomic E-state index is 0.508. The molecule has 0 amide bonds. The van der Waals surface area contributed by atoms with Gasteiger partial charge in [0.15, 0.2) is 0 Å². The topological polar surface area (TPSA) is 45.9 Å². The number of aromatic nitrogens is 1. The average molecular weight is 230 g/mol. The summed E-state index contributed by atoms with van der Waals surface area (Å²) in [7, 11) is 1.58. The van der Waals surface area contributed by atoms with Gasteiger partial charge in [-0.05, 0) is 18.4 Å². The molecule has 1 heterocycles. The summed E-state index contributed by atoms with van der Waals surface area (Å²) < 4.78 is 5.32. The lowest BCUT2D eigenvalue weighted by molar-refractivity contribution is 0.416. The molecule has 0 saturated carbocycles. The Morgan fingerprint density at radius 3 is 2.75 bits per heavy atom. The van der Waals surface area contributed by atoms with Gasteiger partial charge in [0, 0.05) is 5.39 Å². The minimum atomic E-state index is 0.508. The molecule has 0 spiro atoms. The summed E-state index contributed by atoms with van der Waals surface area (Å²) >= 11 is 1.45. The van der Waals surface area contributed by atoms with Crippen molar-refractivity contribution >= 4 is 22.7 Å². The van der Waals surface area contributed by atoms with Gasteiger partial charge >= 0.3 is 0 Å². The maximum Gasteiger partial charge on any atom is 0.148 e. The zero-order valence-corrected chi connectivity index (χ0v) is 9.84. The molecule has 0 aliphatic rings. The standard InChI is InChI=1S/C12H10N2OS/c1-15-11-8-5-3-4-6-10(8)14-12(16-2)9(11)7-13/h3-6H,1-2H3. The van der Waals surface area contributed by atoms with E-state index in [0.717, 1.165) is 10.9 Å². The van der Waals surface area contributed by atoms with Crippen LogP contribution in [0.25, 0.3) is 10.9 Å². The highest BCUT2D eigenvalue weighted by molar-refractivity contribution is 7.98. The normalized spacial score (nSPS) is 10.1. The average Bonchev–Trinajstić information content (AvgIpc) is 2.36. The van der Waals surface area contributed by atoms with E-state index in [1.165, 1.54) is 11.8 Å². The van der Waals surface area contributed by atoms with E-state index < -0.39 is 0 Å². The number of ether oxygens (including phenoxy) is 1. The first-order valence-electron chi connectivity index (χ1n) is 4.72. The van der Waals surface area contributed by atoms with Crippen molar-refractivity contribution in [1.82, 2.24) is 4.98 Å². The molecular formula is C12H10N2OS. The van der Waals surface area contributed by atoms with Crippen LogP contribution in [-0.4, -0.2) is 18.3 Å². The minimum Gasteiger partial charge on any atom is -0.495 e. The zero-order valence-electron chi connectivity index (χ0n) is 9.02. The number of hydrogen-bond acceptors (Lipinski definition) is 4. The maximum absolute atomic E-state index is 9.14. The van der Waals surface area contributed by atoms with E-state index in [-0.39, 0.29) is 0 Å². The highest BCUT2D eigenvalue weighted by Crippen LogP contribution is 2.33. The Morgan fingerprint density at radius 1 is 1.38 bits per heavy atom. The Morgan fingerprint density at radius 2 is 2.12 bits per heavy atom. The molecular weight excluding hydrogens is 220 g/mol. The van der Waals surface area contributed by atoms with E-state index in [4.69, 9.17) is 10.00 Å². The first-order chi connectivity index (χ1) is 7.81. The number of nitrogens with zero attached hydrogens (tertiary/aromatic N) is 2. The van der Waals surface area contributed by atoms with Crippen molar-refractivity contribution in [2.75, 3.05) is 13.4 Å². The van der Waals surface area contributed by atoms with Gasteiger partial charge in [0.25, 0.3) is 0 Å². The van der Waals surface area contributed by atoms with Crippen LogP contribution in [0.3, 0.4) is 0 Å². The van der Waals surface area contributed by atoms with Crippen molar-refractivity contribution in [1.29, 1.82) is 5.26 Å². The molecule has 2 aromatic rings. The van der Waals surface area contributed by atoms with Gasteiger partial charge in [-0.25, -0.2) is 4.98 Å². The molecule has 0 atom stereocenters. The molecule has 4 heteroatoms. The fourth-order valence-corrected chi connectivity index (χ4v) is 2.15. The number of benzene rings is 1. The van der Waals surface area contributed by atoms with E-state index in [9.17, 15) is 0 Å². The molecule has 0 unspecified atom stereocenters. The van der Waals surface area contributed by atoms with Gasteiger partial charge < -0.3 is 4.74 Å². The van der Waals surface area contributed by atoms with Crippen molar-refractivity contribution in [3.05, 3.63) is 29.8 Å². The zero-order chi connectivity index (χ0) is 11.5. The lowest BCUT2D eigenvalue weighted by Gasteiger charge is -2.09. The van der Waals surface area contributed by atoms with Gasteiger partial charge in [-0.1, -0.05) is 12.1 Å². The van der Waals surface area contributed by atoms with Crippen LogP contribution < -0.4 is 4.74 Å². The fraction of sp³-hybridized carbons (Fsp3) is 0.167. The number of methoxy groups -OCH3 is 1. The fourth-order valence-electron chi connectivity index (χ4n) is 1.62. The molecule has 0 bridgehead atoms. The maximum atomic E-state index is 9.14. The number of hydrogen-bond donors (Lipinski definition) is 0. The molecule has 1 aromatic heterocycles. The Hall–Kier alpha value is -1.73. The monoisotopic (exact) mass is 230 g/mol. The first kappa shape index (κ1) is 10.8. The number of rotatable bonds is 2. The van der Waals surface area contributed by atoms with Gasteiger partial charge in [0.2, 0.25) is 0 Å². The molecule has 0 fully saturated rings. The molecule has 0 radical (unpaired) electrons. The summed E-state index contributed by atoms with van der Waals surface area (Å²) in [4.78, 5) is 4.43. The molecule has 1 aromatic carbocycles. The van der Waals surface area contributed by atoms with Crippen LogP contribution in [-0.2, 0) is 0 Å². The first-order valence-corrected chi connectivity index (χ1v) is 5.95. The van der Waals surface area contributed by atoms with Crippen molar-refractivity contribution in [2.24, 2.45) is 0 Å². The number of fused-ring (bicyclic) bond motifs is 1. The molecule has 0 aliphatic carbocycles. The van der Waals surface area contributed by atoms with Crippen LogP contribution in [0.5, 0.6) is 5.75 Å². The molecule has 0 N–H and O–H groups in total. The van der Waals surface area contributed by atoms with E-state index in [1.54, 1.807) is 7.11 Å². The smallest absolute Gasteiger partial charge is 0.148 e. The SMILES string of the molecule is COc1c(C#N)c(SC)nc2ccccc12. The second-order valence-corrected chi connectivity index (χ2v) is 3.95. The number of nitriles is 1. The molecule has 0 aliphatic heterocycles. The quantitative estimate of drug-likeness (QED) is 0.744. The predicted molar refractivity (Wildman–Crippen MR) is 64.8 cm³/mol. The van der Waals surface area contributed by atoms with E-state index in [0.29, 0.717) is 16.3 Å². The summed E-state index contributed by atoms with van der Waals surface area (Å²) in [5.41, 5.74) is 1.36. The summed E-state index contributed by atoms with van der Waals surface area (Å²) in [6.07, 6.45) is 1.90. The highest BCUT2D eigenvalue weighted by atomic mass is 32.2. The van der Waals surface area contributed by atoms with Crippen molar-refractivity contribution in [3.8, 4) is 11.8 Å². The number of thioether (sulfide) groups is 1. The molecule has 16 heavy (non-hydrogen) atoms. The van der Waals surface area contributed by atoms with Crippen LogP contribution in [0.2, 0.25) is 0 Å². The van der Waals surface area contributed by atoms with Gasteiger partial charge in [-0.3, -0.25) is 0 Å². The molecule has 80 valence electrons. The third kappa shape index (κ3) is 1.59. The van der Waals surface area contributed by atoms with Gasteiger partial charge in [-0.2, -0.15) is 5.26 Å². The van der Waals surface area contributed by atoms with Crippen molar-refractivity contribution < 1.29 is 4.74 Å². The van der Waals surface area contributed by atoms with Crippen LogP contribution in [0.15, 0.2) is 29.3 Å². The largest absolute Gasteiger partial charge is 0.495 e. The van der Waals surface area contributed by atoms with Crippen LogP contribution in [0.4, 0.5) is 0 Å². The van der Waals surface area contributed by atoms with Crippen molar-refractivity contribution in [2.45, 2.75) is 5.03 Å². The van der Waals surface area contributed by atoms with E-state index >= 15 is 0 Å². The van der Waals surface area contributed by atoms with Crippen LogP contribution >= 0.6 is 11.8 Å². The van der Waals surface area contributed by atoms with Crippen molar-refractivity contribution in [3.63, 3.8) is 0 Å². The Balaban J connectivity index is 2.89. The second-order valence-electron chi connectivity index (χ2n) is 3.16. The molecule has 3 nitrogen and oxygen atoms in total. The summed E-state index contributed by atoms with van der Waals surface area (Å²) in [5.74, 6) is 0.609. The second kappa shape index (κ2) is 4.42. The summed E-state index contributed by atoms with van der Waals surface area (Å²) in [6, 6.07) is 9.80. The summed E-state index contributed by atoms with van der Waals surface area (Å²) in [5, 5.41) is 10.7. The number of pyridine rings is 1. The van der Waals surface area contributed by atoms with E-state index in [1.807, 2.05) is 30.5 Å². The number of para-hydroxylation sites is 1. The molecule has 0 saturated heterocycles. The van der Waals surface area contributed by atoms with E-state index in [2.05, 4.69) is 11.1 Å². The Kier molecular flexibility index (Phi) is 2.97. The summed E-state index contributed by atoms with van der Waals surface area (Å²) in [6.45, 7) is 0. The lowest BCUT2D eigenvalue weighted by Crippen LogP contribution is -1.95. The van der Waals surface area contributed by atoms with Crippen LogP contribution in [0, 0.1) is 11.3 Å². The highest BCUT2D eigenvalue weighted by Gasteiger charge is 2.14. The van der Waals surface area contributed by atoms with Gasteiger partial charge in [0.05, 0.1) is 12.6 Å². The lowest BCUT2D eigenvalue weighted by atomic mass is 10.1. The van der Waals surface area contributed by atoms with Crippen LogP contribution in [0.1, 0.15) is 5.56 Å². The Bertz CT molecular complexity index is 575.